The van der Waals surface area contributed by atoms with E-state index in [1.807, 2.05) is 0 Å². The third-order valence-electron chi connectivity index (χ3n) is 3.76. The number of aliphatic hydroxyl groups excluding tert-OH is 1. The first-order valence-corrected chi connectivity index (χ1v) is 6.99. The Kier molecular flexibility index (Phi) is 4.37. The minimum atomic E-state index is -0.213. The van der Waals surface area contributed by atoms with Crippen LogP contribution < -0.4 is 5.32 Å². The van der Waals surface area contributed by atoms with E-state index < -0.39 is 0 Å². The number of halogens is 1. The fourth-order valence-electron chi connectivity index (χ4n) is 2.14. The molecule has 0 aromatic heterocycles. The highest BCUT2D eigenvalue weighted by atomic mass is 35.5. The third-order valence-corrected chi connectivity index (χ3v) is 4.07. The lowest BCUT2D eigenvalue weighted by molar-refractivity contribution is 0.0950. The molecule has 1 unspecified atom stereocenters. The zero-order valence-electron chi connectivity index (χ0n) is 11.7. The van der Waals surface area contributed by atoms with E-state index in [9.17, 15) is 4.79 Å². The van der Waals surface area contributed by atoms with Gasteiger partial charge < -0.3 is 10.4 Å². The molecule has 106 valence electrons. The van der Waals surface area contributed by atoms with Gasteiger partial charge >= 0.3 is 0 Å². The van der Waals surface area contributed by atoms with Crippen LogP contribution >= 0.6 is 11.6 Å². The molecule has 1 saturated carbocycles. The maximum Gasteiger partial charge on any atom is 0.251 e. The Morgan fingerprint density at radius 3 is 2.80 bits per heavy atom. The summed E-state index contributed by atoms with van der Waals surface area (Å²) >= 11 is 6.07. The van der Waals surface area contributed by atoms with E-state index >= 15 is 0 Å². The van der Waals surface area contributed by atoms with E-state index in [-0.39, 0.29) is 12.5 Å². The standard InChI is InChI=1S/C16H18ClNO2/c1-16(2)9-13(16)10-18-15(20)12-6-5-11(4-3-7-19)14(17)8-12/h5-6,8,13,19H,7,9-10H2,1-2H3,(H,18,20). The molecule has 1 fully saturated rings. The molecule has 0 radical (unpaired) electrons. The molecule has 3 nitrogen and oxygen atoms in total. The maximum absolute atomic E-state index is 12.0. The fraction of sp³-hybridized carbons (Fsp3) is 0.438. The Bertz CT molecular complexity index is 584. The van der Waals surface area contributed by atoms with Gasteiger partial charge in [-0.15, -0.1) is 0 Å². The van der Waals surface area contributed by atoms with Crippen molar-refractivity contribution in [2.24, 2.45) is 11.3 Å². The molecular weight excluding hydrogens is 274 g/mol. The number of hydrogen-bond acceptors (Lipinski definition) is 2. The van der Waals surface area contributed by atoms with Crippen LogP contribution in [-0.4, -0.2) is 24.2 Å². The quantitative estimate of drug-likeness (QED) is 0.841. The van der Waals surface area contributed by atoms with E-state index in [1.165, 1.54) is 0 Å². The summed E-state index contributed by atoms with van der Waals surface area (Å²) in [4.78, 5) is 12.0. The topological polar surface area (TPSA) is 49.3 Å². The van der Waals surface area contributed by atoms with Gasteiger partial charge in [-0.3, -0.25) is 4.79 Å². The van der Waals surface area contributed by atoms with Crippen molar-refractivity contribution in [3.63, 3.8) is 0 Å². The lowest BCUT2D eigenvalue weighted by atomic mass is 10.1. The van der Waals surface area contributed by atoms with Crippen LogP contribution in [0.3, 0.4) is 0 Å². The van der Waals surface area contributed by atoms with Gasteiger partial charge in [0, 0.05) is 17.7 Å². The van der Waals surface area contributed by atoms with Crippen LogP contribution in [-0.2, 0) is 0 Å². The average Bonchev–Trinajstić information content (AvgIpc) is 3.02. The second kappa shape index (κ2) is 5.87. The Balaban J connectivity index is 1.98. The van der Waals surface area contributed by atoms with Crippen molar-refractivity contribution >= 4 is 17.5 Å². The zero-order valence-corrected chi connectivity index (χ0v) is 12.4. The Labute approximate surface area is 124 Å². The molecule has 1 amide bonds. The van der Waals surface area contributed by atoms with Crippen LogP contribution in [0.5, 0.6) is 0 Å². The van der Waals surface area contributed by atoms with Gasteiger partial charge in [0.25, 0.3) is 5.91 Å². The zero-order chi connectivity index (χ0) is 14.8. The van der Waals surface area contributed by atoms with E-state index in [4.69, 9.17) is 16.7 Å². The summed E-state index contributed by atoms with van der Waals surface area (Å²) < 4.78 is 0. The second-order valence-electron chi connectivity index (χ2n) is 5.75. The molecular formula is C16H18ClNO2. The van der Waals surface area contributed by atoms with Gasteiger partial charge in [0.2, 0.25) is 0 Å². The number of hydrogen-bond donors (Lipinski definition) is 2. The van der Waals surface area contributed by atoms with Gasteiger partial charge in [0.15, 0.2) is 0 Å². The molecule has 0 heterocycles. The van der Waals surface area contributed by atoms with E-state index in [0.717, 1.165) is 6.42 Å². The number of aliphatic hydroxyl groups is 1. The van der Waals surface area contributed by atoms with Crippen molar-refractivity contribution in [1.29, 1.82) is 0 Å². The molecule has 1 aromatic carbocycles. The summed E-state index contributed by atoms with van der Waals surface area (Å²) in [5, 5.41) is 12.0. The van der Waals surface area contributed by atoms with E-state index in [0.29, 0.717) is 34.0 Å². The van der Waals surface area contributed by atoms with E-state index in [1.54, 1.807) is 18.2 Å². The summed E-state index contributed by atoms with van der Waals surface area (Å²) in [6.45, 7) is 4.90. The summed E-state index contributed by atoms with van der Waals surface area (Å²) in [5.41, 5.74) is 1.50. The van der Waals surface area contributed by atoms with Crippen LogP contribution in [0.15, 0.2) is 18.2 Å². The highest BCUT2D eigenvalue weighted by Gasteiger charge is 2.45. The molecule has 0 saturated heterocycles. The monoisotopic (exact) mass is 291 g/mol. The number of rotatable bonds is 3. The minimum Gasteiger partial charge on any atom is -0.384 e. The SMILES string of the molecule is CC1(C)CC1CNC(=O)c1ccc(C#CCO)c(Cl)c1. The number of carbonyl (C=O) groups is 1. The van der Waals surface area contributed by atoms with Crippen LogP contribution in [0.4, 0.5) is 0 Å². The van der Waals surface area contributed by atoms with Gasteiger partial charge in [-0.05, 0) is 36.0 Å². The van der Waals surface area contributed by atoms with Crippen LogP contribution in [0.2, 0.25) is 5.02 Å². The van der Waals surface area contributed by atoms with Crippen molar-refractivity contribution in [3.8, 4) is 11.8 Å². The number of nitrogens with one attached hydrogen (secondary N) is 1. The molecule has 0 aliphatic heterocycles. The van der Waals surface area contributed by atoms with Crippen LogP contribution in [0.1, 0.15) is 36.2 Å². The van der Waals surface area contributed by atoms with Gasteiger partial charge in [-0.1, -0.05) is 37.3 Å². The molecule has 2 rings (SSSR count). The summed E-state index contributed by atoms with van der Waals surface area (Å²) in [7, 11) is 0. The summed E-state index contributed by atoms with van der Waals surface area (Å²) in [6, 6.07) is 5.00. The lowest BCUT2D eigenvalue weighted by Crippen LogP contribution is -2.26. The first-order valence-electron chi connectivity index (χ1n) is 6.61. The molecule has 20 heavy (non-hydrogen) atoms. The summed E-state index contributed by atoms with van der Waals surface area (Å²) in [5.74, 6) is 5.72. The average molecular weight is 292 g/mol. The normalized spacial score (nSPS) is 18.9. The highest BCUT2D eigenvalue weighted by Crippen LogP contribution is 2.50. The van der Waals surface area contributed by atoms with Gasteiger partial charge in [-0.25, -0.2) is 0 Å². The maximum atomic E-state index is 12.0. The van der Waals surface area contributed by atoms with Crippen molar-refractivity contribution in [2.75, 3.05) is 13.2 Å². The van der Waals surface area contributed by atoms with Crippen LogP contribution in [0.25, 0.3) is 0 Å². The molecule has 4 heteroatoms. The smallest absolute Gasteiger partial charge is 0.251 e. The second-order valence-corrected chi connectivity index (χ2v) is 6.16. The lowest BCUT2D eigenvalue weighted by Gasteiger charge is -2.07. The Hall–Kier alpha value is -1.50. The van der Waals surface area contributed by atoms with Crippen molar-refractivity contribution in [1.82, 2.24) is 5.32 Å². The minimum absolute atomic E-state index is 0.115. The third kappa shape index (κ3) is 3.53. The van der Waals surface area contributed by atoms with Gasteiger partial charge in [-0.2, -0.15) is 0 Å². The Morgan fingerprint density at radius 1 is 1.55 bits per heavy atom. The number of benzene rings is 1. The van der Waals surface area contributed by atoms with Crippen molar-refractivity contribution < 1.29 is 9.90 Å². The molecule has 0 bridgehead atoms. The molecule has 1 aliphatic rings. The molecule has 1 atom stereocenters. The molecule has 2 N–H and O–H groups in total. The first-order chi connectivity index (χ1) is 9.44. The largest absolute Gasteiger partial charge is 0.384 e. The van der Waals surface area contributed by atoms with Crippen molar-refractivity contribution in [3.05, 3.63) is 34.3 Å². The predicted octanol–water partition coefficient (Wildman–Crippen LogP) is 2.46. The fourth-order valence-corrected chi connectivity index (χ4v) is 2.36. The first kappa shape index (κ1) is 14.9. The van der Waals surface area contributed by atoms with Gasteiger partial charge in [0.05, 0.1) is 5.02 Å². The molecule has 1 aliphatic carbocycles. The Morgan fingerprint density at radius 2 is 2.25 bits per heavy atom. The van der Waals surface area contributed by atoms with E-state index in [2.05, 4.69) is 31.0 Å². The predicted molar refractivity (Wildman–Crippen MR) is 79.6 cm³/mol. The molecule has 0 spiro atoms. The van der Waals surface area contributed by atoms with Crippen molar-refractivity contribution in [2.45, 2.75) is 20.3 Å². The number of carbonyl (C=O) groups excluding carboxylic acids is 1. The summed E-state index contributed by atoms with van der Waals surface area (Å²) in [6.07, 6.45) is 1.16. The highest BCUT2D eigenvalue weighted by molar-refractivity contribution is 6.32. The van der Waals surface area contributed by atoms with Crippen LogP contribution in [0, 0.1) is 23.2 Å². The van der Waals surface area contributed by atoms with Gasteiger partial charge in [0.1, 0.15) is 6.61 Å². The molecule has 1 aromatic rings. The number of amides is 1.